The van der Waals surface area contributed by atoms with Crippen LogP contribution < -0.4 is 10.2 Å². The summed E-state index contributed by atoms with van der Waals surface area (Å²) >= 11 is 0. The number of nitrogens with zero attached hydrogens (tertiary/aromatic N) is 4. The fourth-order valence-electron chi connectivity index (χ4n) is 3.62. The summed E-state index contributed by atoms with van der Waals surface area (Å²) in [5, 5.41) is 6.77. The molecule has 0 fully saturated rings. The van der Waals surface area contributed by atoms with E-state index in [4.69, 9.17) is 0 Å². The standard InChI is InChI=1S/C21H17F4N5O2.H2S/c1-12-11-29(15-4-5-17(21(23,24)25)13(7-15)8-22)20(32)18-16(10-27-30(12)18)19(31)28-14-3-2-6-26-9-14;/h2-7,9-10,12H,8,11H2,1H3,(H,28,31);1H2/t12-;/m0./s1. The van der Waals surface area contributed by atoms with Crippen LogP contribution >= 0.6 is 13.5 Å². The van der Waals surface area contributed by atoms with Gasteiger partial charge in [-0.15, -0.1) is 0 Å². The lowest BCUT2D eigenvalue weighted by atomic mass is 10.0. The lowest BCUT2D eigenvalue weighted by Gasteiger charge is -2.32. The summed E-state index contributed by atoms with van der Waals surface area (Å²) in [6, 6.07) is 5.76. The number of aromatic nitrogens is 3. The molecule has 7 nitrogen and oxygen atoms in total. The van der Waals surface area contributed by atoms with Crippen molar-refractivity contribution >= 4 is 36.7 Å². The van der Waals surface area contributed by atoms with Crippen LogP contribution in [-0.2, 0) is 12.9 Å². The molecule has 0 unspecified atom stereocenters. The first-order valence-electron chi connectivity index (χ1n) is 9.57. The lowest BCUT2D eigenvalue weighted by molar-refractivity contribution is -0.138. The van der Waals surface area contributed by atoms with Crippen LogP contribution in [-0.4, -0.2) is 33.1 Å². The van der Waals surface area contributed by atoms with Crippen molar-refractivity contribution in [2.75, 3.05) is 16.8 Å². The smallest absolute Gasteiger partial charge is 0.320 e. The molecule has 0 aliphatic carbocycles. The maximum absolute atomic E-state index is 13.3. The molecular weight excluding hydrogens is 462 g/mol. The van der Waals surface area contributed by atoms with Gasteiger partial charge in [-0.05, 0) is 42.8 Å². The molecule has 4 rings (SSSR count). The molecule has 174 valence electrons. The summed E-state index contributed by atoms with van der Waals surface area (Å²) < 4.78 is 54.1. The van der Waals surface area contributed by atoms with Gasteiger partial charge in [0.1, 0.15) is 12.4 Å². The van der Waals surface area contributed by atoms with Crippen LogP contribution in [0.5, 0.6) is 0 Å². The normalized spacial score (nSPS) is 15.6. The van der Waals surface area contributed by atoms with Gasteiger partial charge < -0.3 is 10.2 Å². The second-order valence-corrected chi connectivity index (χ2v) is 7.28. The summed E-state index contributed by atoms with van der Waals surface area (Å²) in [7, 11) is 0. The third-order valence-electron chi connectivity index (χ3n) is 5.12. The molecule has 3 aromatic rings. The first-order valence-corrected chi connectivity index (χ1v) is 9.57. The van der Waals surface area contributed by atoms with Crippen molar-refractivity contribution in [2.24, 2.45) is 0 Å². The van der Waals surface area contributed by atoms with E-state index in [0.717, 1.165) is 18.2 Å². The number of hydrogen-bond donors (Lipinski definition) is 1. The van der Waals surface area contributed by atoms with E-state index in [0.29, 0.717) is 5.69 Å². The highest BCUT2D eigenvalue weighted by Gasteiger charge is 2.37. The maximum Gasteiger partial charge on any atom is 0.416 e. The molecule has 0 saturated heterocycles. The molecule has 0 spiro atoms. The summed E-state index contributed by atoms with van der Waals surface area (Å²) in [4.78, 5) is 31.1. The largest absolute Gasteiger partial charge is 0.416 e. The van der Waals surface area contributed by atoms with Crippen LogP contribution in [0.25, 0.3) is 0 Å². The minimum Gasteiger partial charge on any atom is -0.320 e. The van der Waals surface area contributed by atoms with E-state index in [1.165, 1.54) is 28.2 Å². The summed E-state index contributed by atoms with van der Waals surface area (Å²) in [5.41, 5.74) is -1.14. The lowest BCUT2D eigenvalue weighted by Crippen LogP contribution is -2.43. The second kappa shape index (κ2) is 9.22. The number of carbonyl (C=O) groups excluding carboxylic acids is 2. The Morgan fingerprint density at radius 2 is 2.00 bits per heavy atom. The van der Waals surface area contributed by atoms with E-state index in [1.807, 2.05) is 0 Å². The van der Waals surface area contributed by atoms with Crippen molar-refractivity contribution in [2.45, 2.75) is 25.8 Å². The molecule has 0 radical (unpaired) electrons. The van der Waals surface area contributed by atoms with Crippen molar-refractivity contribution in [3.63, 3.8) is 0 Å². The first kappa shape index (κ1) is 24.2. The van der Waals surface area contributed by atoms with Gasteiger partial charge in [-0.25, -0.2) is 4.39 Å². The minimum atomic E-state index is -4.71. The van der Waals surface area contributed by atoms with Gasteiger partial charge in [-0.1, -0.05) is 0 Å². The predicted molar refractivity (Wildman–Crippen MR) is 117 cm³/mol. The Kier molecular flexibility index (Phi) is 6.77. The maximum atomic E-state index is 13.3. The summed E-state index contributed by atoms with van der Waals surface area (Å²) in [6.07, 6.45) is -0.477. The highest BCUT2D eigenvalue weighted by atomic mass is 32.1. The zero-order chi connectivity index (χ0) is 23.0. The summed E-state index contributed by atoms with van der Waals surface area (Å²) in [5.74, 6) is -1.21. The molecule has 3 heterocycles. The van der Waals surface area contributed by atoms with Gasteiger partial charge in [0.15, 0.2) is 0 Å². The number of halogens is 4. The predicted octanol–water partition coefficient (Wildman–Crippen LogP) is 4.35. The van der Waals surface area contributed by atoms with Gasteiger partial charge in [-0.2, -0.15) is 31.8 Å². The average molecular weight is 481 g/mol. The van der Waals surface area contributed by atoms with Crippen LogP contribution in [0.4, 0.5) is 28.9 Å². The van der Waals surface area contributed by atoms with Crippen LogP contribution in [0.1, 0.15) is 44.9 Å². The summed E-state index contributed by atoms with van der Waals surface area (Å²) in [6.45, 7) is 0.504. The van der Waals surface area contributed by atoms with Gasteiger partial charge in [-0.3, -0.25) is 19.3 Å². The van der Waals surface area contributed by atoms with Crippen molar-refractivity contribution in [3.05, 3.63) is 71.3 Å². The fourth-order valence-corrected chi connectivity index (χ4v) is 3.62. The number of hydrogen-bond acceptors (Lipinski definition) is 4. The van der Waals surface area contributed by atoms with Crippen molar-refractivity contribution < 1.29 is 27.2 Å². The van der Waals surface area contributed by atoms with E-state index in [9.17, 15) is 27.2 Å². The average Bonchev–Trinajstić information content (AvgIpc) is 3.22. The number of rotatable bonds is 4. The molecule has 1 aliphatic rings. The number of carbonyl (C=O) groups is 2. The van der Waals surface area contributed by atoms with Crippen molar-refractivity contribution in [1.29, 1.82) is 0 Å². The highest BCUT2D eigenvalue weighted by Crippen LogP contribution is 2.36. The Hall–Kier alpha value is -3.41. The van der Waals surface area contributed by atoms with Crippen molar-refractivity contribution in [3.8, 4) is 0 Å². The van der Waals surface area contributed by atoms with Gasteiger partial charge >= 0.3 is 6.18 Å². The van der Waals surface area contributed by atoms with E-state index in [1.54, 1.807) is 19.1 Å². The van der Waals surface area contributed by atoms with Crippen LogP contribution in [0, 0.1) is 0 Å². The molecule has 1 aromatic carbocycles. The molecule has 12 heteroatoms. The Balaban J connectivity index is 0.00000306. The highest BCUT2D eigenvalue weighted by molar-refractivity contribution is 7.59. The first-order chi connectivity index (χ1) is 15.2. The van der Waals surface area contributed by atoms with E-state index in [2.05, 4.69) is 15.4 Å². The van der Waals surface area contributed by atoms with Gasteiger partial charge in [0.25, 0.3) is 11.8 Å². The van der Waals surface area contributed by atoms with Crippen LogP contribution in [0.3, 0.4) is 0 Å². The fraction of sp³-hybridized carbons (Fsp3) is 0.238. The number of alkyl halides is 4. The third-order valence-corrected chi connectivity index (χ3v) is 5.12. The van der Waals surface area contributed by atoms with Gasteiger partial charge in [0.2, 0.25) is 0 Å². The molecule has 1 atom stereocenters. The second-order valence-electron chi connectivity index (χ2n) is 7.28. The number of nitrogens with one attached hydrogen (secondary N) is 1. The molecular formula is C21H19F4N5O2S. The minimum absolute atomic E-state index is 0. The molecule has 33 heavy (non-hydrogen) atoms. The zero-order valence-electron chi connectivity index (χ0n) is 17.2. The Morgan fingerprint density at radius 1 is 1.24 bits per heavy atom. The molecule has 2 amide bonds. The Morgan fingerprint density at radius 3 is 2.64 bits per heavy atom. The van der Waals surface area contributed by atoms with E-state index >= 15 is 0 Å². The van der Waals surface area contributed by atoms with Gasteiger partial charge in [0.05, 0.1) is 35.2 Å². The number of benzene rings is 1. The number of fused-ring (bicyclic) bond motifs is 1. The molecule has 0 bridgehead atoms. The third kappa shape index (κ3) is 4.56. The molecule has 1 aliphatic heterocycles. The van der Waals surface area contributed by atoms with Crippen LogP contribution in [0.2, 0.25) is 0 Å². The van der Waals surface area contributed by atoms with E-state index < -0.39 is 35.8 Å². The Labute approximate surface area is 192 Å². The quantitative estimate of drug-likeness (QED) is 0.562. The van der Waals surface area contributed by atoms with Crippen molar-refractivity contribution in [1.82, 2.24) is 14.8 Å². The molecule has 2 aromatic heterocycles. The zero-order valence-corrected chi connectivity index (χ0v) is 18.2. The number of pyridine rings is 1. The number of amides is 2. The van der Waals surface area contributed by atoms with E-state index in [-0.39, 0.29) is 43.0 Å². The SMILES string of the molecule is C[C@H]1CN(c2ccc(C(F)(F)F)c(CF)c2)C(=O)c2c(C(=O)Nc3cccnc3)cnn21.S. The Bertz CT molecular complexity index is 1180. The van der Waals surface area contributed by atoms with Gasteiger partial charge in [0, 0.05) is 18.4 Å². The molecule has 0 saturated carbocycles. The number of anilines is 2. The molecule has 1 N–H and O–H groups in total. The monoisotopic (exact) mass is 481 g/mol. The topological polar surface area (TPSA) is 80.1 Å². The van der Waals surface area contributed by atoms with Crippen LogP contribution in [0.15, 0.2) is 48.9 Å².